The topological polar surface area (TPSA) is 49.4 Å². The van der Waals surface area contributed by atoms with Gasteiger partial charge in [0.15, 0.2) is 0 Å². The van der Waals surface area contributed by atoms with E-state index in [9.17, 15) is 9.59 Å². The van der Waals surface area contributed by atoms with Crippen LogP contribution in [-0.2, 0) is 4.79 Å². The molecule has 4 nitrogen and oxygen atoms in total. The third kappa shape index (κ3) is 2.62. The number of nitrogens with one attached hydrogen (secondary N) is 1. The van der Waals surface area contributed by atoms with Gasteiger partial charge in [0, 0.05) is 17.6 Å². The van der Waals surface area contributed by atoms with E-state index in [0.29, 0.717) is 5.56 Å². The van der Waals surface area contributed by atoms with Crippen molar-refractivity contribution in [3.63, 3.8) is 0 Å². The molecule has 2 aliphatic rings. The minimum absolute atomic E-state index is 0.00186. The predicted molar refractivity (Wildman–Crippen MR) is 85.5 cm³/mol. The number of fused-ring (bicyclic) bond motifs is 1. The van der Waals surface area contributed by atoms with Gasteiger partial charge in [0.1, 0.15) is 6.04 Å². The lowest BCUT2D eigenvalue weighted by Crippen LogP contribution is -2.46. The predicted octanol–water partition coefficient (Wildman–Crippen LogP) is 3.04. The van der Waals surface area contributed by atoms with Gasteiger partial charge in [0.2, 0.25) is 5.91 Å². The van der Waals surface area contributed by atoms with Gasteiger partial charge in [-0.05, 0) is 38.3 Å². The summed E-state index contributed by atoms with van der Waals surface area (Å²) >= 11 is 0. The number of carbonyl (C=O) groups is 2. The van der Waals surface area contributed by atoms with E-state index in [2.05, 4.69) is 5.32 Å². The van der Waals surface area contributed by atoms with Crippen molar-refractivity contribution in [2.75, 3.05) is 0 Å². The monoisotopic (exact) mass is 300 g/mol. The third-order valence-electron chi connectivity index (χ3n) is 4.75. The first kappa shape index (κ1) is 15.1. The molecule has 0 spiro atoms. The summed E-state index contributed by atoms with van der Waals surface area (Å²) in [6.07, 6.45) is 5.72. The lowest BCUT2D eigenvalue weighted by molar-refractivity contribution is -0.127. The molecule has 4 heteroatoms. The highest BCUT2D eigenvalue weighted by Crippen LogP contribution is 2.35. The fraction of sp³-hybridized carbons (Fsp3) is 0.556. The van der Waals surface area contributed by atoms with Gasteiger partial charge >= 0.3 is 0 Å². The summed E-state index contributed by atoms with van der Waals surface area (Å²) in [7, 11) is 0. The van der Waals surface area contributed by atoms with Gasteiger partial charge in [-0.25, -0.2) is 0 Å². The molecule has 0 aromatic heterocycles. The minimum Gasteiger partial charge on any atom is -0.351 e. The quantitative estimate of drug-likeness (QED) is 0.932. The molecule has 0 radical (unpaired) electrons. The van der Waals surface area contributed by atoms with Gasteiger partial charge in [-0.15, -0.1) is 0 Å². The summed E-state index contributed by atoms with van der Waals surface area (Å²) in [4.78, 5) is 27.1. The number of hydrogen-bond donors (Lipinski definition) is 1. The highest BCUT2D eigenvalue weighted by molar-refractivity contribution is 6.04. The Bertz CT molecular complexity index is 576. The smallest absolute Gasteiger partial charge is 0.255 e. The molecule has 1 heterocycles. The van der Waals surface area contributed by atoms with Crippen LogP contribution < -0.4 is 5.32 Å². The van der Waals surface area contributed by atoms with Crippen LogP contribution in [0.2, 0.25) is 0 Å². The molecule has 1 aliphatic carbocycles. The molecule has 0 saturated heterocycles. The van der Waals surface area contributed by atoms with Crippen molar-refractivity contribution in [1.29, 1.82) is 0 Å². The van der Waals surface area contributed by atoms with Gasteiger partial charge in [-0.2, -0.15) is 0 Å². The van der Waals surface area contributed by atoms with Gasteiger partial charge in [-0.1, -0.05) is 37.5 Å². The maximum Gasteiger partial charge on any atom is 0.255 e. The van der Waals surface area contributed by atoms with E-state index in [4.69, 9.17) is 0 Å². The summed E-state index contributed by atoms with van der Waals surface area (Å²) in [5.41, 5.74) is 1.51. The van der Waals surface area contributed by atoms with Crippen molar-refractivity contribution in [3.8, 4) is 0 Å². The Hall–Kier alpha value is -1.84. The largest absolute Gasteiger partial charge is 0.351 e. The number of nitrogens with zero attached hydrogens (tertiary/aromatic N) is 1. The molecule has 1 saturated carbocycles. The van der Waals surface area contributed by atoms with Gasteiger partial charge < -0.3 is 10.2 Å². The first-order valence-corrected chi connectivity index (χ1v) is 8.31. The van der Waals surface area contributed by atoms with E-state index in [1.807, 2.05) is 38.1 Å². The molecule has 1 N–H and O–H groups in total. The Morgan fingerprint density at radius 1 is 1.18 bits per heavy atom. The Balaban J connectivity index is 1.85. The maximum atomic E-state index is 12.8. The van der Waals surface area contributed by atoms with Crippen LogP contribution in [0.25, 0.3) is 0 Å². The Labute approximate surface area is 131 Å². The fourth-order valence-electron chi connectivity index (χ4n) is 3.66. The second kappa shape index (κ2) is 6.11. The van der Waals surface area contributed by atoms with Crippen LogP contribution in [0.15, 0.2) is 24.3 Å². The van der Waals surface area contributed by atoms with Crippen molar-refractivity contribution in [3.05, 3.63) is 35.4 Å². The van der Waals surface area contributed by atoms with Crippen molar-refractivity contribution >= 4 is 11.8 Å². The molecule has 1 aliphatic heterocycles. The van der Waals surface area contributed by atoms with Crippen LogP contribution >= 0.6 is 0 Å². The van der Waals surface area contributed by atoms with Crippen molar-refractivity contribution in [2.24, 2.45) is 0 Å². The molecule has 1 fully saturated rings. The highest BCUT2D eigenvalue weighted by atomic mass is 16.2. The number of hydrogen-bond acceptors (Lipinski definition) is 2. The second-order valence-electron chi connectivity index (χ2n) is 6.64. The van der Waals surface area contributed by atoms with Crippen molar-refractivity contribution in [2.45, 2.75) is 64.1 Å². The van der Waals surface area contributed by atoms with Crippen LogP contribution in [0.3, 0.4) is 0 Å². The SMILES string of the molecule is CC(C)N1C(=O)c2ccccc2C1C(=O)NC1CCCCC1. The minimum atomic E-state index is -0.481. The molecular formula is C18H24N2O2. The lowest BCUT2D eigenvalue weighted by Gasteiger charge is -2.30. The molecule has 1 aromatic carbocycles. The van der Waals surface area contributed by atoms with Crippen LogP contribution in [0.5, 0.6) is 0 Å². The summed E-state index contributed by atoms with van der Waals surface area (Å²) in [5, 5.41) is 3.17. The van der Waals surface area contributed by atoms with E-state index < -0.39 is 6.04 Å². The summed E-state index contributed by atoms with van der Waals surface area (Å²) in [6.45, 7) is 3.93. The molecule has 2 amide bonds. The van der Waals surface area contributed by atoms with Crippen LogP contribution in [0.1, 0.15) is 67.9 Å². The molecule has 1 atom stereocenters. The van der Waals surface area contributed by atoms with Gasteiger partial charge in [-0.3, -0.25) is 9.59 Å². The zero-order valence-corrected chi connectivity index (χ0v) is 13.3. The molecule has 1 unspecified atom stereocenters. The van der Waals surface area contributed by atoms with Crippen molar-refractivity contribution < 1.29 is 9.59 Å². The Morgan fingerprint density at radius 2 is 1.86 bits per heavy atom. The van der Waals surface area contributed by atoms with E-state index in [1.54, 1.807) is 4.90 Å². The molecule has 0 bridgehead atoms. The third-order valence-corrected chi connectivity index (χ3v) is 4.75. The second-order valence-corrected chi connectivity index (χ2v) is 6.64. The normalized spacial score (nSPS) is 22.0. The first-order valence-electron chi connectivity index (χ1n) is 8.31. The average Bonchev–Trinajstić information content (AvgIpc) is 2.82. The fourth-order valence-corrected chi connectivity index (χ4v) is 3.66. The summed E-state index contributed by atoms with van der Waals surface area (Å²) < 4.78 is 0. The lowest BCUT2D eigenvalue weighted by atomic mass is 9.95. The highest BCUT2D eigenvalue weighted by Gasteiger charge is 2.42. The molecule has 3 rings (SSSR count). The molecule has 1 aromatic rings. The van der Waals surface area contributed by atoms with E-state index in [1.165, 1.54) is 19.3 Å². The van der Waals surface area contributed by atoms with Crippen LogP contribution in [-0.4, -0.2) is 28.8 Å². The Morgan fingerprint density at radius 3 is 2.55 bits per heavy atom. The summed E-state index contributed by atoms with van der Waals surface area (Å²) in [6, 6.07) is 7.26. The number of benzene rings is 1. The van der Waals surface area contributed by atoms with Gasteiger partial charge in [0.25, 0.3) is 5.91 Å². The standard InChI is InChI=1S/C18H24N2O2/c1-12(2)20-16(14-10-6-7-11-15(14)18(20)22)17(21)19-13-8-4-3-5-9-13/h6-7,10-13,16H,3-5,8-9H2,1-2H3,(H,19,21). The zero-order valence-electron chi connectivity index (χ0n) is 13.3. The molecule has 118 valence electrons. The molecular weight excluding hydrogens is 276 g/mol. The van der Waals surface area contributed by atoms with Crippen LogP contribution in [0.4, 0.5) is 0 Å². The zero-order chi connectivity index (χ0) is 15.7. The maximum absolute atomic E-state index is 12.8. The van der Waals surface area contributed by atoms with Crippen LogP contribution in [0, 0.1) is 0 Å². The Kier molecular flexibility index (Phi) is 4.19. The number of amides is 2. The molecule has 22 heavy (non-hydrogen) atoms. The van der Waals surface area contributed by atoms with Crippen molar-refractivity contribution in [1.82, 2.24) is 10.2 Å². The number of rotatable bonds is 3. The van der Waals surface area contributed by atoms with E-state index >= 15 is 0 Å². The number of carbonyl (C=O) groups excluding carboxylic acids is 2. The first-order chi connectivity index (χ1) is 10.6. The van der Waals surface area contributed by atoms with E-state index in [-0.39, 0.29) is 23.9 Å². The van der Waals surface area contributed by atoms with E-state index in [0.717, 1.165) is 18.4 Å². The average molecular weight is 300 g/mol. The summed E-state index contributed by atoms with van der Waals surface area (Å²) in [5.74, 6) is -0.0618. The van der Waals surface area contributed by atoms with Gasteiger partial charge in [0.05, 0.1) is 0 Å².